The molecule has 5 heteroatoms. The first-order chi connectivity index (χ1) is 9.15. The smallest absolute Gasteiger partial charge is 0.289 e. The second-order valence-corrected chi connectivity index (χ2v) is 7.14. The Morgan fingerprint density at radius 2 is 1.81 bits per heavy atom. The van der Waals surface area contributed by atoms with Gasteiger partial charge in [-0.25, -0.2) is 0 Å². The summed E-state index contributed by atoms with van der Waals surface area (Å²) in [5.41, 5.74) is 0.147. The molecular formula is C16H27ClN2O2. The van der Waals surface area contributed by atoms with E-state index in [1.54, 1.807) is 18.4 Å². The Bertz CT molecular complexity index is 464. The SMILES string of the molecule is CN(C(=O)c1ccco1)C1CC(C)(C)N(C)C(C)(C)C1.Cl. The fourth-order valence-corrected chi connectivity index (χ4v) is 3.33. The van der Waals surface area contributed by atoms with E-state index >= 15 is 0 Å². The third-order valence-electron chi connectivity index (χ3n) is 4.89. The third-order valence-corrected chi connectivity index (χ3v) is 4.89. The zero-order chi connectivity index (χ0) is 15.1. The summed E-state index contributed by atoms with van der Waals surface area (Å²) in [6, 6.07) is 3.71. The molecule has 2 heterocycles. The van der Waals surface area contributed by atoms with Crippen LogP contribution in [0, 0.1) is 0 Å². The van der Waals surface area contributed by atoms with E-state index < -0.39 is 0 Å². The van der Waals surface area contributed by atoms with Gasteiger partial charge < -0.3 is 9.32 Å². The average molecular weight is 315 g/mol. The molecule has 1 aliphatic heterocycles. The zero-order valence-electron chi connectivity index (χ0n) is 13.8. The number of likely N-dealkylation sites (tertiary alicyclic amines) is 1. The lowest BCUT2D eigenvalue weighted by Gasteiger charge is -2.55. The summed E-state index contributed by atoms with van der Waals surface area (Å²) in [5.74, 6) is 0.387. The summed E-state index contributed by atoms with van der Waals surface area (Å²) in [4.78, 5) is 16.7. The van der Waals surface area contributed by atoms with E-state index in [2.05, 4.69) is 39.6 Å². The van der Waals surface area contributed by atoms with Gasteiger partial charge in [-0.3, -0.25) is 9.69 Å². The van der Waals surface area contributed by atoms with Crippen LogP contribution in [0.5, 0.6) is 0 Å². The van der Waals surface area contributed by atoms with Crippen LogP contribution >= 0.6 is 12.4 Å². The second-order valence-electron chi connectivity index (χ2n) is 7.14. The molecule has 4 nitrogen and oxygen atoms in total. The van der Waals surface area contributed by atoms with Gasteiger partial charge in [-0.2, -0.15) is 0 Å². The van der Waals surface area contributed by atoms with Gasteiger partial charge in [0.1, 0.15) is 0 Å². The van der Waals surface area contributed by atoms with Gasteiger partial charge >= 0.3 is 0 Å². The molecule has 0 aromatic carbocycles. The van der Waals surface area contributed by atoms with Gasteiger partial charge in [-0.15, -0.1) is 12.4 Å². The van der Waals surface area contributed by atoms with Gasteiger partial charge in [0.25, 0.3) is 5.91 Å². The number of carbonyl (C=O) groups is 1. The first-order valence-electron chi connectivity index (χ1n) is 7.20. The van der Waals surface area contributed by atoms with E-state index in [0.29, 0.717) is 5.76 Å². The summed E-state index contributed by atoms with van der Waals surface area (Å²) in [5, 5.41) is 0. The highest BCUT2D eigenvalue weighted by Crippen LogP contribution is 2.38. The van der Waals surface area contributed by atoms with Crippen LogP contribution in [0.2, 0.25) is 0 Å². The first-order valence-corrected chi connectivity index (χ1v) is 7.20. The molecule has 0 atom stereocenters. The summed E-state index contributed by atoms with van der Waals surface area (Å²) in [6.45, 7) is 8.97. The molecule has 0 unspecified atom stereocenters. The highest BCUT2D eigenvalue weighted by Gasteiger charge is 2.45. The molecule has 1 aromatic rings. The lowest BCUT2D eigenvalue weighted by molar-refractivity contribution is -0.0380. The molecule has 0 aliphatic carbocycles. The molecule has 1 amide bonds. The maximum absolute atomic E-state index is 12.4. The number of carbonyl (C=O) groups excluding carboxylic acids is 1. The molecule has 1 aromatic heterocycles. The van der Waals surface area contributed by atoms with Crippen LogP contribution in [0.4, 0.5) is 0 Å². The Hall–Kier alpha value is -1.00. The molecule has 0 spiro atoms. The summed E-state index contributed by atoms with van der Waals surface area (Å²) in [6.07, 6.45) is 3.48. The largest absolute Gasteiger partial charge is 0.459 e. The Kier molecular flexibility index (Phi) is 5.17. The van der Waals surface area contributed by atoms with Crippen molar-refractivity contribution >= 4 is 18.3 Å². The molecule has 0 bridgehead atoms. The van der Waals surface area contributed by atoms with Gasteiger partial charge in [0.2, 0.25) is 0 Å². The van der Waals surface area contributed by atoms with Gasteiger partial charge in [0, 0.05) is 24.2 Å². The maximum atomic E-state index is 12.4. The highest BCUT2D eigenvalue weighted by atomic mass is 35.5. The quantitative estimate of drug-likeness (QED) is 0.839. The van der Waals surface area contributed by atoms with Crippen LogP contribution < -0.4 is 0 Å². The van der Waals surface area contributed by atoms with E-state index in [9.17, 15) is 4.79 Å². The van der Waals surface area contributed by atoms with Crippen molar-refractivity contribution in [1.29, 1.82) is 0 Å². The number of piperidine rings is 1. The van der Waals surface area contributed by atoms with Crippen molar-refractivity contribution in [3.05, 3.63) is 24.2 Å². The fourth-order valence-electron chi connectivity index (χ4n) is 3.33. The summed E-state index contributed by atoms with van der Waals surface area (Å²) >= 11 is 0. The van der Waals surface area contributed by atoms with Crippen molar-refractivity contribution in [3.63, 3.8) is 0 Å². The van der Waals surface area contributed by atoms with Gasteiger partial charge in [0.15, 0.2) is 5.76 Å². The summed E-state index contributed by atoms with van der Waals surface area (Å²) in [7, 11) is 4.05. The van der Waals surface area contributed by atoms with Crippen LogP contribution in [0.3, 0.4) is 0 Å². The molecule has 21 heavy (non-hydrogen) atoms. The Morgan fingerprint density at radius 3 is 2.24 bits per heavy atom. The number of amides is 1. The summed E-state index contributed by atoms with van der Waals surface area (Å²) < 4.78 is 5.23. The van der Waals surface area contributed by atoms with E-state index in [0.717, 1.165) is 12.8 Å². The topological polar surface area (TPSA) is 36.7 Å². The van der Waals surface area contributed by atoms with Crippen molar-refractivity contribution in [2.24, 2.45) is 0 Å². The van der Waals surface area contributed by atoms with Crippen LogP contribution in [-0.4, -0.2) is 46.9 Å². The lowest BCUT2D eigenvalue weighted by Crippen LogP contribution is -2.62. The number of halogens is 1. The zero-order valence-corrected chi connectivity index (χ0v) is 14.7. The molecule has 1 aliphatic rings. The molecule has 2 rings (SSSR count). The van der Waals surface area contributed by atoms with E-state index in [1.165, 1.54) is 0 Å². The fraction of sp³-hybridized carbons (Fsp3) is 0.688. The minimum Gasteiger partial charge on any atom is -0.459 e. The second kappa shape index (κ2) is 6.01. The van der Waals surface area contributed by atoms with Gasteiger partial charge in [-0.05, 0) is 59.7 Å². The maximum Gasteiger partial charge on any atom is 0.289 e. The van der Waals surface area contributed by atoms with E-state index in [4.69, 9.17) is 4.42 Å². The van der Waals surface area contributed by atoms with Crippen LogP contribution in [0.15, 0.2) is 22.8 Å². The number of rotatable bonds is 2. The van der Waals surface area contributed by atoms with Gasteiger partial charge in [-0.1, -0.05) is 0 Å². The minimum absolute atomic E-state index is 0. The minimum atomic E-state index is -0.0313. The van der Waals surface area contributed by atoms with Crippen LogP contribution in [0.1, 0.15) is 51.1 Å². The van der Waals surface area contributed by atoms with Gasteiger partial charge in [0.05, 0.1) is 6.26 Å². The van der Waals surface area contributed by atoms with Crippen molar-refractivity contribution in [1.82, 2.24) is 9.80 Å². The van der Waals surface area contributed by atoms with Crippen molar-refractivity contribution in [2.45, 2.75) is 57.7 Å². The average Bonchev–Trinajstić information content (AvgIpc) is 2.87. The normalized spacial score (nSPS) is 21.6. The molecule has 0 saturated carbocycles. The predicted molar refractivity (Wildman–Crippen MR) is 87.0 cm³/mol. The Morgan fingerprint density at radius 1 is 1.29 bits per heavy atom. The standard InChI is InChI=1S/C16H26N2O2.ClH/c1-15(2)10-12(11-16(3,4)18(15)6)17(5)14(19)13-8-7-9-20-13;/h7-9,12H,10-11H2,1-6H3;1H. The molecule has 120 valence electrons. The monoisotopic (exact) mass is 314 g/mol. The van der Waals surface area contributed by atoms with Crippen LogP contribution in [-0.2, 0) is 0 Å². The molecule has 0 radical (unpaired) electrons. The van der Waals surface area contributed by atoms with Crippen molar-refractivity contribution < 1.29 is 9.21 Å². The van der Waals surface area contributed by atoms with E-state index in [-0.39, 0.29) is 35.4 Å². The number of furan rings is 1. The molecule has 1 fully saturated rings. The molecule has 1 saturated heterocycles. The lowest BCUT2D eigenvalue weighted by atomic mass is 9.77. The highest BCUT2D eigenvalue weighted by molar-refractivity contribution is 5.91. The Labute approximate surface area is 133 Å². The van der Waals surface area contributed by atoms with E-state index in [1.807, 2.05) is 11.9 Å². The molecule has 0 N–H and O–H groups in total. The first kappa shape index (κ1) is 18.1. The number of nitrogens with zero attached hydrogens (tertiary/aromatic N) is 2. The van der Waals surface area contributed by atoms with Crippen LogP contribution in [0.25, 0.3) is 0 Å². The van der Waals surface area contributed by atoms with Crippen molar-refractivity contribution in [2.75, 3.05) is 14.1 Å². The molecular weight excluding hydrogens is 288 g/mol. The predicted octanol–water partition coefficient (Wildman–Crippen LogP) is 3.42. The number of hydrogen-bond donors (Lipinski definition) is 0. The number of hydrogen-bond acceptors (Lipinski definition) is 3. The third kappa shape index (κ3) is 3.43. The van der Waals surface area contributed by atoms with Crippen molar-refractivity contribution in [3.8, 4) is 0 Å². The Balaban J connectivity index is 0.00000220.